The van der Waals surface area contributed by atoms with E-state index in [2.05, 4.69) is 29.0 Å². The van der Waals surface area contributed by atoms with Crippen molar-refractivity contribution in [3.63, 3.8) is 0 Å². The fraction of sp³-hybridized carbons (Fsp3) is 0.485. The van der Waals surface area contributed by atoms with E-state index in [-0.39, 0.29) is 24.2 Å². The highest BCUT2D eigenvalue weighted by Gasteiger charge is 2.69. The Kier molecular flexibility index (Phi) is 7.56. The average Bonchev–Trinajstić information content (AvgIpc) is 2.96. The van der Waals surface area contributed by atoms with Gasteiger partial charge >= 0.3 is 0 Å². The molecule has 2 saturated carbocycles. The van der Waals surface area contributed by atoms with Crippen molar-refractivity contribution in [2.45, 2.75) is 31.0 Å². The third kappa shape index (κ3) is 4.61. The van der Waals surface area contributed by atoms with Gasteiger partial charge in [-0.05, 0) is 68.2 Å². The maximum atomic E-state index is 14.0. The number of carbonyl (C=O) groups excluding carboxylic acids is 5. The number of amides is 1. The van der Waals surface area contributed by atoms with Gasteiger partial charge in [0.25, 0.3) is 0 Å². The minimum atomic E-state index is -2.73. The quantitative estimate of drug-likeness (QED) is 0.406. The molecule has 4 N–H and O–H groups in total. The van der Waals surface area contributed by atoms with Crippen LogP contribution in [0.1, 0.15) is 27.9 Å². The molecule has 232 valence electrons. The van der Waals surface area contributed by atoms with Crippen molar-refractivity contribution in [1.29, 1.82) is 0 Å². The average molecular weight is 603 g/mol. The van der Waals surface area contributed by atoms with Gasteiger partial charge in [0.15, 0.2) is 34.7 Å². The standard InChI is InChI=1S/C33H38N4O7/c1-35(2)27-22-15-19-14-21-20(18-6-4-17(5-7-18)16-37-12-10-36(3)11-13-37)8-9-23(38)25(21)28(39)24(19)30(41)33(22,44)31(42)26(29(27)40)32(34)43/h4-9,19,22,24,26-27,38,44H,10-16H2,1-3H3,(H2,34,43)/t19-,22-,24?,26?,27-,33-/m1/s1. The zero-order valence-electron chi connectivity index (χ0n) is 25.2. The second-order valence-electron chi connectivity index (χ2n) is 13.1. The Morgan fingerprint density at radius 3 is 2.27 bits per heavy atom. The van der Waals surface area contributed by atoms with Crippen LogP contribution in [0.5, 0.6) is 5.75 Å². The molecule has 1 heterocycles. The van der Waals surface area contributed by atoms with Gasteiger partial charge in [-0.2, -0.15) is 0 Å². The molecule has 2 unspecified atom stereocenters. The lowest BCUT2D eigenvalue weighted by atomic mass is 9.52. The number of primary amides is 1. The van der Waals surface area contributed by atoms with E-state index in [1.165, 1.54) is 11.0 Å². The van der Waals surface area contributed by atoms with E-state index in [9.17, 15) is 34.2 Å². The number of rotatable bonds is 5. The summed E-state index contributed by atoms with van der Waals surface area (Å²) in [5.41, 5.74) is 6.00. The van der Waals surface area contributed by atoms with E-state index in [1.54, 1.807) is 20.2 Å². The van der Waals surface area contributed by atoms with Crippen molar-refractivity contribution >= 4 is 29.0 Å². The Labute approximate surface area is 255 Å². The highest BCUT2D eigenvalue weighted by molar-refractivity contribution is 6.32. The number of hydrogen-bond donors (Lipinski definition) is 3. The molecule has 11 heteroatoms. The first kappa shape index (κ1) is 30.3. The number of phenols is 1. The van der Waals surface area contributed by atoms with Gasteiger partial charge in [0.2, 0.25) is 5.91 Å². The molecule has 44 heavy (non-hydrogen) atoms. The van der Waals surface area contributed by atoms with E-state index >= 15 is 0 Å². The van der Waals surface area contributed by atoms with Gasteiger partial charge in [0.05, 0.1) is 17.5 Å². The molecule has 3 fully saturated rings. The summed E-state index contributed by atoms with van der Waals surface area (Å²) < 4.78 is 0. The van der Waals surface area contributed by atoms with Crippen molar-refractivity contribution in [1.82, 2.24) is 14.7 Å². The van der Waals surface area contributed by atoms with E-state index in [0.29, 0.717) is 5.56 Å². The second-order valence-corrected chi connectivity index (χ2v) is 13.1. The first-order chi connectivity index (χ1) is 20.8. The van der Waals surface area contributed by atoms with Crippen LogP contribution in [0, 0.1) is 23.7 Å². The van der Waals surface area contributed by atoms with Crippen molar-refractivity contribution in [3.05, 3.63) is 53.1 Å². The van der Waals surface area contributed by atoms with Gasteiger partial charge in [-0.3, -0.25) is 33.8 Å². The lowest BCUT2D eigenvalue weighted by Gasteiger charge is -2.52. The predicted molar refractivity (Wildman–Crippen MR) is 160 cm³/mol. The molecule has 0 radical (unpaired) electrons. The summed E-state index contributed by atoms with van der Waals surface area (Å²) in [6.07, 6.45) is 0.238. The van der Waals surface area contributed by atoms with Crippen LogP contribution in [0.15, 0.2) is 36.4 Å². The zero-order valence-corrected chi connectivity index (χ0v) is 25.2. The van der Waals surface area contributed by atoms with Gasteiger partial charge in [-0.25, -0.2) is 0 Å². The normalized spacial score (nSPS) is 31.1. The second kappa shape index (κ2) is 11.0. The van der Waals surface area contributed by atoms with Gasteiger partial charge < -0.3 is 20.8 Å². The van der Waals surface area contributed by atoms with Gasteiger partial charge in [0, 0.05) is 38.6 Å². The Balaban J connectivity index is 1.35. The highest BCUT2D eigenvalue weighted by Crippen LogP contribution is 2.51. The minimum absolute atomic E-state index is 0.00407. The van der Waals surface area contributed by atoms with E-state index in [1.807, 2.05) is 12.1 Å². The lowest BCUT2D eigenvalue weighted by Crippen LogP contribution is -2.74. The number of nitrogens with zero attached hydrogens (tertiary/aromatic N) is 3. The number of carbonyl (C=O) groups is 5. The summed E-state index contributed by atoms with van der Waals surface area (Å²) in [4.78, 5) is 73.1. The first-order valence-corrected chi connectivity index (χ1v) is 15.0. The molecule has 0 bridgehead atoms. The zero-order chi connectivity index (χ0) is 31.7. The summed E-state index contributed by atoms with van der Waals surface area (Å²) in [6.45, 7) is 4.88. The van der Waals surface area contributed by atoms with Crippen LogP contribution in [0.4, 0.5) is 0 Å². The fourth-order valence-corrected chi connectivity index (χ4v) is 7.93. The van der Waals surface area contributed by atoms with E-state index in [4.69, 9.17) is 5.73 Å². The first-order valence-electron chi connectivity index (χ1n) is 15.0. The molecule has 1 amide bonds. The van der Waals surface area contributed by atoms with Gasteiger partial charge in [0.1, 0.15) is 5.75 Å². The summed E-state index contributed by atoms with van der Waals surface area (Å²) in [6, 6.07) is 10.1. The Bertz CT molecular complexity index is 1560. The molecule has 6 atom stereocenters. The third-order valence-electron chi connectivity index (χ3n) is 10.2. The van der Waals surface area contributed by atoms with Crippen molar-refractivity contribution < 1.29 is 34.2 Å². The number of Topliss-reactive ketones (excluding diaryl/α,β-unsaturated/α-hetero) is 4. The molecule has 11 nitrogen and oxygen atoms in total. The molecule has 6 rings (SSSR count). The number of likely N-dealkylation sites (N-methyl/N-ethyl adjacent to an activating group) is 2. The Morgan fingerprint density at radius 1 is 1.00 bits per heavy atom. The largest absolute Gasteiger partial charge is 0.507 e. The monoisotopic (exact) mass is 602 g/mol. The number of piperazine rings is 1. The lowest BCUT2D eigenvalue weighted by molar-refractivity contribution is -0.181. The van der Waals surface area contributed by atoms with Crippen LogP contribution in [-0.4, -0.2) is 113 Å². The molecule has 0 aromatic heterocycles. The summed E-state index contributed by atoms with van der Waals surface area (Å²) in [5, 5.41) is 22.6. The molecule has 2 aromatic rings. The van der Waals surface area contributed by atoms with Crippen LogP contribution in [-0.2, 0) is 32.1 Å². The van der Waals surface area contributed by atoms with Crippen molar-refractivity contribution in [2.75, 3.05) is 47.3 Å². The van der Waals surface area contributed by atoms with Crippen LogP contribution < -0.4 is 5.73 Å². The maximum Gasteiger partial charge on any atom is 0.235 e. The number of ketones is 4. The summed E-state index contributed by atoms with van der Waals surface area (Å²) >= 11 is 0. The molecule has 4 aliphatic rings. The summed E-state index contributed by atoms with van der Waals surface area (Å²) in [5.74, 6) is -10.5. The van der Waals surface area contributed by atoms with Crippen molar-refractivity contribution in [2.24, 2.45) is 29.4 Å². The minimum Gasteiger partial charge on any atom is -0.507 e. The Morgan fingerprint density at radius 2 is 1.66 bits per heavy atom. The molecule has 0 spiro atoms. The summed E-state index contributed by atoms with van der Waals surface area (Å²) in [7, 11) is 5.26. The number of aliphatic hydroxyl groups is 1. The number of nitrogens with two attached hydrogens (primary N) is 1. The van der Waals surface area contributed by atoms with Crippen LogP contribution in [0.2, 0.25) is 0 Å². The number of aromatic hydroxyl groups is 1. The number of hydrogen-bond acceptors (Lipinski definition) is 10. The van der Waals surface area contributed by atoms with Gasteiger partial charge in [-0.1, -0.05) is 30.3 Å². The van der Waals surface area contributed by atoms with Crippen LogP contribution >= 0.6 is 0 Å². The smallest absolute Gasteiger partial charge is 0.235 e. The molecule has 1 saturated heterocycles. The molecule has 1 aliphatic heterocycles. The van der Waals surface area contributed by atoms with E-state index in [0.717, 1.165) is 49.4 Å². The molecule has 2 aromatic carbocycles. The molecular formula is C33H38N4O7. The third-order valence-corrected chi connectivity index (χ3v) is 10.2. The number of fused-ring (bicyclic) bond motifs is 3. The molecular weight excluding hydrogens is 564 g/mol. The number of benzene rings is 2. The van der Waals surface area contributed by atoms with Crippen LogP contribution in [0.3, 0.4) is 0 Å². The number of phenolic OH excluding ortho intramolecular Hbond substituents is 1. The van der Waals surface area contributed by atoms with Crippen LogP contribution in [0.25, 0.3) is 11.1 Å². The predicted octanol–water partition coefficient (Wildman–Crippen LogP) is 0.281. The van der Waals surface area contributed by atoms with Gasteiger partial charge in [-0.15, -0.1) is 0 Å². The highest BCUT2D eigenvalue weighted by atomic mass is 16.3. The van der Waals surface area contributed by atoms with E-state index < -0.39 is 64.4 Å². The Hall–Kier alpha value is -3.77. The molecule has 3 aliphatic carbocycles. The SMILES string of the molecule is CN1CCN(Cc2ccc(-c3ccc(O)c4c3C[C@@H]3C[C@@H]5[C@@H](N(C)C)C(=O)C(C(N)=O)C(=O)[C@]5(O)C(=O)C3C4=O)cc2)CC1. The topological polar surface area (TPSA) is 162 Å². The van der Waals surface area contributed by atoms with Crippen molar-refractivity contribution in [3.8, 4) is 16.9 Å². The fourth-order valence-electron chi connectivity index (χ4n) is 7.93. The maximum absolute atomic E-state index is 14.0.